The number of hydrogen-bond acceptors (Lipinski definition) is 2. The van der Waals surface area contributed by atoms with Crippen LogP contribution in [-0.4, -0.2) is 4.57 Å². The lowest BCUT2D eigenvalue weighted by molar-refractivity contribution is 0.670. The highest BCUT2D eigenvalue weighted by Crippen LogP contribution is 2.45. The number of furan rings is 1. The summed E-state index contributed by atoms with van der Waals surface area (Å²) in [6, 6.07) is 87.6. The summed E-state index contributed by atoms with van der Waals surface area (Å²) in [6.07, 6.45) is 0. The van der Waals surface area contributed by atoms with E-state index in [1.165, 1.54) is 71.5 Å². The first-order valence-corrected chi connectivity index (χ1v) is 23.3. The van der Waals surface area contributed by atoms with Gasteiger partial charge in [0.25, 0.3) is 0 Å². The normalized spacial score (nSPS) is 11.6. The molecule has 0 radical (unpaired) electrons. The second-order valence-electron chi connectivity index (χ2n) is 17.7. The lowest BCUT2D eigenvalue weighted by Crippen LogP contribution is -1.98. The molecule has 68 heavy (non-hydrogen) atoms. The molecule has 0 aliphatic heterocycles. The van der Waals surface area contributed by atoms with Crippen LogP contribution in [0.5, 0.6) is 0 Å². The Bertz CT molecular complexity index is 4020. The number of anilines is 2. The van der Waals surface area contributed by atoms with Crippen molar-refractivity contribution in [3.8, 4) is 61.3 Å². The minimum absolute atomic E-state index is 0.889. The summed E-state index contributed by atoms with van der Waals surface area (Å²) in [5.41, 5.74) is 20.2. The number of aryl methyl sites for hydroxylation is 1. The first kappa shape index (κ1) is 39.4. The number of para-hydroxylation sites is 5. The molecule has 0 saturated heterocycles. The van der Waals surface area contributed by atoms with E-state index in [0.29, 0.717) is 0 Å². The molecule has 3 heteroatoms. The number of hydrogen-bond donors (Lipinski definition) is 1. The third-order valence-corrected chi connectivity index (χ3v) is 13.7. The highest BCUT2D eigenvalue weighted by molar-refractivity contribution is 6.13. The van der Waals surface area contributed by atoms with Crippen LogP contribution < -0.4 is 5.32 Å². The summed E-state index contributed by atoms with van der Waals surface area (Å²) >= 11 is 0. The third-order valence-electron chi connectivity index (χ3n) is 13.7. The lowest BCUT2D eigenvalue weighted by Gasteiger charge is -2.18. The Hall–Kier alpha value is -8.92. The molecule has 0 spiro atoms. The molecule has 0 saturated carbocycles. The first-order chi connectivity index (χ1) is 33.6. The van der Waals surface area contributed by atoms with Crippen LogP contribution in [0.25, 0.3) is 116 Å². The van der Waals surface area contributed by atoms with Crippen molar-refractivity contribution < 1.29 is 4.42 Å². The van der Waals surface area contributed by atoms with E-state index in [9.17, 15) is 0 Å². The minimum atomic E-state index is 0.889. The summed E-state index contributed by atoms with van der Waals surface area (Å²) in [5, 5.41) is 10.9. The predicted molar refractivity (Wildman–Crippen MR) is 287 cm³/mol. The van der Waals surface area contributed by atoms with Gasteiger partial charge in [0.2, 0.25) is 0 Å². The molecule has 0 unspecified atom stereocenters. The maximum atomic E-state index is 6.68. The van der Waals surface area contributed by atoms with Gasteiger partial charge in [-0.25, -0.2) is 0 Å². The zero-order valence-corrected chi connectivity index (χ0v) is 37.4. The van der Waals surface area contributed by atoms with E-state index in [-0.39, 0.29) is 0 Å². The maximum absolute atomic E-state index is 6.68. The molecule has 2 aromatic heterocycles. The standard InChI is InChI=1S/C65H44N2O/c1-42-17-2-4-19-48(42)45-39-44-18-3-5-21-50(44)59(40-45)60-41-47(37-38-52(60)57-27-16-28-58-56-26-11-15-32-64(56)68-65(57)58)66-46-35-33-43(34-36-46)49-20-6-7-22-51(49)53-23-8-12-29-61(53)67-62-30-13-9-24-54(62)55-25-10-14-31-63(55)67/h2-41,66H,1H3. The molecule has 1 N–H and O–H groups in total. The minimum Gasteiger partial charge on any atom is -0.455 e. The number of aromatic nitrogens is 1. The molecule has 0 atom stereocenters. The smallest absolute Gasteiger partial charge is 0.143 e. The van der Waals surface area contributed by atoms with Crippen molar-refractivity contribution in [3.63, 3.8) is 0 Å². The van der Waals surface area contributed by atoms with Gasteiger partial charge in [0.1, 0.15) is 11.2 Å². The average molecular weight is 869 g/mol. The number of benzene rings is 11. The Morgan fingerprint density at radius 2 is 0.912 bits per heavy atom. The van der Waals surface area contributed by atoms with Crippen LogP contribution in [0.15, 0.2) is 247 Å². The molecule has 11 aromatic carbocycles. The van der Waals surface area contributed by atoms with Gasteiger partial charge in [-0.1, -0.05) is 182 Å². The van der Waals surface area contributed by atoms with Crippen LogP contribution in [0.3, 0.4) is 0 Å². The van der Waals surface area contributed by atoms with Crippen molar-refractivity contribution in [1.82, 2.24) is 4.57 Å². The van der Waals surface area contributed by atoms with Crippen molar-refractivity contribution in [2.75, 3.05) is 5.32 Å². The molecular formula is C65H44N2O. The zero-order valence-electron chi connectivity index (χ0n) is 37.4. The van der Waals surface area contributed by atoms with Gasteiger partial charge < -0.3 is 14.3 Å². The molecule has 13 aromatic rings. The zero-order chi connectivity index (χ0) is 45.1. The van der Waals surface area contributed by atoms with E-state index in [0.717, 1.165) is 61.3 Å². The second kappa shape index (κ2) is 16.2. The van der Waals surface area contributed by atoms with Crippen LogP contribution in [-0.2, 0) is 0 Å². The molecule has 0 fully saturated rings. The third kappa shape index (κ3) is 6.59. The topological polar surface area (TPSA) is 30.1 Å². The maximum Gasteiger partial charge on any atom is 0.143 e. The summed E-state index contributed by atoms with van der Waals surface area (Å²) < 4.78 is 9.10. The molecule has 0 bridgehead atoms. The van der Waals surface area contributed by atoms with Crippen LogP contribution in [0, 0.1) is 6.92 Å². The molecule has 0 aliphatic rings. The molecule has 3 nitrogen and oxygen atoms in total. The lowest BCUT2D eigenvalue weighted by atomic mass is 9.87. The molecule has 13 rings (SSSR count). The number of nitrogens with zero attached hydrogens (tertiary/aromatic N) is 1. The summed E-state index contributed by atoms with van der Waals surface area (Å²) in [6.45, 7) is 2.19. The van der Waals surface area contributed by atoms with Gasteiger partial charge in [0, 0.05) is 44.0 Å². The summed E-state index contributed by atoms with van der Waals surface area (Å²) in [4.78, 5) is 0. The number of fused-ring (bicyclic) bond motifs is 7. The van der Waals surface area contributed by atoms with Gasteiger partial charge in [-0.05, 0) is 128 Å². The van der Waals surface area contributed by atoms with E-state index >= 15 is 0 Å². The monoisotopic (exact) mass is 868 g/mol. The van der Waals surface area contributed by atoms with E-state index in [2.05, 4.69) is 253 Å². The van der Waals surface area contributed by atoms with Crippen molar-refractivity contribution >= 4 is 65.9 Å². The Balaban J connectivity index is 0.917. The average Bonchev–Trinajstić information content (AvgIpc) is 3.95. The van der Waals surface area contributed by atoms with Crippen molar-refractivity contribution in [2.24, 2.45) is 0 Å². The molecule has 0 amide bonds. The number of rotatable bonds is 8. The fourth-order valence-corrected chi connectivity index (χ4v) is 10.6. The van der Waals surface area contributed by atoms with Gasteiger partial charge in [-0.3, -0.25) is 0 Å². The Kier molecular flexibility index (Phi) is 9.40. The van der Waals surface area contributed by atoms with E-state index < -0.39 is 0 Å². The summed E-state index contributed by atoms with van der Waals surface area (Å²) in [7, 11) is 0. The van der Waals surface area contributed by atoms with Gasteiger partial charge in [0.05, 0.1) is 16.7 Å². The quantitative estimate of drug-likeness (QED) is 0.165. The van der Waals surface area contributed by atoms with E-state index in [4.69, 9.17) is 4.42 Å². The van der Waals surface area contributed by atoms with Crippen LogP contribution >= 0.6 is 0 Å². The Morgan fingerprint density at radius 1 is 0.338 bits per heavy atom. The molecule has 0 aliphatic carbocycles. The Morgan fingerprint density at radius 3 is 1.69 bits per heavy atom. The van der Waals surface area contributed by atoms with Crippen LogP contribution in [0.1, 0.15) is 5.56 Å². The van der Waals surface area contributed by atoms with Crippen LogP contribution in [0.4, 0.5) is 11.4 Å². The van der Waals surface area contributed by atoms with Crippen molar-refractivity contribution in [3.05, 3.63) is 248 Å². The first-order valence-electron chi connectivity index (χ1n) is 23.3. The van der Waals surface area contributed by atoms with Gasteiger partial charge >= 0.3 is 0 Å². The van der Waals surface area contributed by atoms with Gasteiger partial charge in [-0.2, -0.15) is 0 Å². The van der Waals surface area contributed by atoms with E-state index in [1.807, 2.05) is 6.07 Å². The molecule has 320 valence electrons. The predicted octanol–water partition coefficient (Wildman–Crippen LogP) is 18.2. The van der Waals surface area contributed by atoms with Crippen molar-refractivity contribution in [2.45, 2.75) is 6.92 Å². The number of nitrogens with one attached hydrogen (secondary N) is 1. The highest BCUT2D eigenvalue weighted by atomic mass is 16.3. The Labute approximate surface area is 394 Å². The van der Waals surface area contributed by atoms with E-state index in [1.54, 1.807) is 0 Å². The fourth-order valence-electron chi connectivity index (χ4n) is 10.6. The second-order valence-corrected chi connectivity index (χ2v) is 17.7. The fraction of sp³-hybridized carbons (Fsp3) is 0.0154. The van der Waals surface area contributed by atoms with Gasteiger partial charge in [0.15, 0.2) is 0 Å². The largest absolute Gasteiger partial charge is 0.455 e. The highest BCUT2D eigenvalue weighted by Gasteiger charge is 2.20. The van der Waals surface area contributed by atoms with Crippen LogP contribution in [0.2, 0.25) is 0 Å². The molecular weight excluding hydrogens is 825 g/mol. The van der Waals surface area contributed by atoms with Crippen molar-refractivity contribution in [1.29, 1.82) is 0 Å². The SMILES string of the molecule is Cc1ccccc1-c1cc(-c2cc(Nc3ccc(-c4ccccc4-c4ccccc4-n4c5ccccc5c5ccccc54)cc3)ccc2-c2cccc3c2oc2ccccc23)c2ccccc2c1. The molecule has 2 heterocycles. The summed E-state index contributed by atoms with van der Waals surface area (Å²) in [5.74, 6) is 0. The van der Waals surface area contributed by atoms with Gasteiger partial charge in [-0.15, -0.1) is 0 Å².